The zero-order valence-corrected chi connectivity index (χ0v) is 15.4. The van der Waals surface area contributed by atoms with Crippen LogP contribution in [0, 0.1) is 0 Å². The number of aromatic nitrogens is 2. The van der Waals surface area contributed by atoms with Gasteiger partial charge in [0.2, 0.25) is 0 Å². The molecule has 0 spiro atoms. The first-order valence-electron chi connectivity index (χ1n) is 8.92. The molecule has 3 heteroatoms. The van der Waals surface area contributed by atoms with Crippen molar-refractivity contribution in [2.45, 2.75) is 32.7 Å². The van der Waals surface area contributed by atoms with Gasteiger partial charge in [-0.25, -0.2) is 4.68 Å². The van der Waals surface area contributed by atoms with E-state index in [1.165, 1.54) is 16.3 Å². The fourth-order valence-corrected chi connectivity index (χ4v) is 3.38. The summed E-state index contributed by atoms with van der Waals surface area (Å²) in [6, 6.07) is 22.6. The first-order valence-corrected chi connectivity index (χ1v) is 8.92. The molecule has 1 heterocycles. The van der Waals surface area contributed by atoms with Crippen molar-refractivity contribution in [2.75, 3.05) is 0 Å². The lowest BCUT2D eigenvalue weighted by molar-refractivity contribution is 0.337. The lowest BCUT2D eigenvalue weighted by Gasteiger charge is -2.22. The normalized spacial score (nSPS) is 12.0. The maximum Gasteiger partial charge on any atom is 0.275 e. The lowest BCUT2D eigenvalue weighted by atomic mass is 10.0. The molecule has 0 N–H and O–H groups in total. The number of hydrogen-bond acceptors (Lipinski definition) is 2. The molecule has 0 saturated heterocycles. The van der Waals surface area contributed by atoms with E-state index in [2.05, 4.69) is 42.5 Å². The Balaban J connectivity index is 1.89. The van der Waals surface area contributed by atoms with Crippen LogP contribution in [0.2, 0.25) is 0 Å². The molecular formula is C23H22N2O. The third kappa shape index (κ3) is 2.90. The largest absolute Gasteiger partial charge is 0.275 e. The van der Waals surface area contributed by atoms with Gasteiger partial charge >= 0.3 is 0 Å². The molecule has 0 aliphatic heterocycles. The maximum absolute atomic E-state index is 12.9. The van der Waals surface area contributed by atoms with Crippen LogP contribution in [0.25, 0.3) is 21.5 Å². The molecule has 0 aliphatic rings. The quantitative estimate of drug-likeness (QED) is 0.519. The van der Waals surface area contributed by atoms with Gasteiger partial charge in [0.1, 0.15) is 0 Å². The molecule has 4 rings (SSSR count). The van der Waals surface area contributed by atoms with Crippen molar-refractivity contribution in [1.82, 2.24) is 9.78 Å². The molecule has 0 aliphatic carbocycles. The van der Waals surface area contributed by atoms with Gasteiger partial charge in [0.05, 0.1) is 16.6 Å². The van der Waals surface area contributed by atoms with Crippen LogP contribution in [0.3, 0.4) is 0 Å². The van der Waals surface area contributed by atoms with Crippen LogP contribution in [0.1, 0.15) is 32.0 Å². The van der Waals surface area contributed by atoms with Crippen LogP contribution in [-0.2, 0) is 12.0 Å². The number of benzene rings is 3. The van der Waals surface area contributed by atoms with E-state index in [9.17, 15) is 4.79 Å². The Labute approximate surface area is 152 Å². The molecule has 0 bridgehead atoms. The maximum atomic E-state index is 12.9. The minimum absolute atomic E-state index is 0.0321. The standard InChI is InChI=1S/C23H22N2O/c1-23(2,3)25-22(26)20-11-7-6-10-19(20)21(24-25)15-16-12-13-17-8-4-5-9-18(17)14-16/h4-14H,15H2,1-3H3. The molecule has 0 fully saturated rings. The average molecular weight is 342 g/mol. The summed E-state index contributed by atoms with van der Waals surface area (Å²) in [6.45, 7) is 6.03. The number of nitrogens with zero attached hydrogens (tertiary/aromatic N) is 2. The Bertz CT molecular complexity index is 1170. The first-order chi connectivity index (χ1) is 12.4. The van der Waals surface area contributed by atoms with Gasteiger partial charge in [-0.15, -0.1) is 0 Å². The summed E-state index contributed by atoms with van der Waals surface area (Å²) in [6.07, 6.45) is 0.696. The van der Waals surface area contributed by atoms with Gasteiger partial charge in [0, 0.05) is 11.8 Å². The Hall–Kier alpha value is -2.94. The Morgan fingerprint density at radius 2 is 1.50 bits per heavy atom. The monoisotopic (exact) mass is 342 g/mol. The summed E-state index contributed by atoms with van der Waals surface area (Å²) in [5, 5.41) is 8.87. The van der Waals surface area contributed by atoms with Crippen molar-refractivity contribution in [3.05, 3.63) is 88.3 Å². The van der Waals surface area contributed by atoms with E-state index in [-0.39, 0.29) is 11.1 Å². The fraction of sp³-hybridized carbons (Fsp3) is 0.217. The summed E-state index contributed by atoms with van der Waals surface area (Å²) in [5.74, 6) is 0. The van der Waals surface area contributed by atoms with Crippen molar-refractivity contribution >= 4 is 21.5 Å². The minimum atomic E-state index is -0.362. The van der Waals surface area contributed by atoms with E-state index < -0.39 is 0 Å². The second-order valence-corrected chi connectivity index (χ2v) is 7.74. The summed E-state index contributed by atoms with van der Waals surface area (Å²) >= 11 is 0. The Morgan fingerprint density at radius 3 is 2.23 bits per heavy atom. The second kappa shape index (κ2) is 6.10. The fourth-order valence-electron chi connectivity index (χ4n) is 3.38. The van der Waals surface area contributed by atoms with Crippen molar-refractivity contribution in [3.63, 3.8) is 0 Å². The second-order valence-electron chi connectivity index (χ2n) is 7.74. The van der Waals surface area contributed by atoms with Crippen LogP contribution in [0.4, 0.5) is 0 Å². The van der Waals surface area contributed by atoms with E-state index in [4.69, 9.17) is 5.10 Å². The van der Waals surface area contributed by atoms with Gasteiger partial charge in [0.15, 0.2) is 0 Å². The molecule has 26 heavy (non-hydrogen) atoms. The van der Waals surface area contributed by atoms with Crippen molar-refractivity contribution < 1.29 is 0 Å². The van der Waals surface area contributed by atoms with Gasteiger partial charge in [-0.3, -0.25) is 4.79 Å². The summed E-state index contributed by atoms with van der Waals surface area (Å²) in [7, 11) is 0. The highest BCUT2D eigenvalue weighted by Crippen LogP contribution is 2.22. The Kier molecular flexibility index (Phi) is 3.87. The highest BCUT2D eigenvalue weighted by atomic mass is 16.1. The SMILES string of the molecule is CC(C)(C)n1nc(Cc2ccc3ccccc3c2)c2ccccc2c1=O. The molecule has 0 unspecified atom stereocenters. The van der Waals surface area contributed by atoms with E-state index in [0.717, 1.165) is 16.5 Å². The van der Waals surface area contributed by atoms with Gasteiger partial charge in [-0.2, -0.15) is 5.10 Å². The lowest BCUT2D eigenvalue weighted by Crippen LogP contribution is -2.36. The molecule has 1 aromatic heterocycles. The van der Waals surface area contributed by atoms with Crippen LogP contribution >= 0.6 is 0 Å². The molecule has 0 saturated carbocycles. The van der Waals surface area contributed by atoms with E-state index in [0.29, 0.717) is 6.42 Å². The molecule has 3 aromatic carbocycles. The molecule has 0 amide bonds. The molecular weight excluding hydrogens is 320 g/mol. The van der Waals surface area contributed by atoms with Gasteiger partial charge in [0.25, 0.3) is 5.56 Å². The van der Waals surface area contributed by atoms with E-state index >= 15 is 0 Å². The van der Waals surface area contributed by atoms with Gasteiger partial charge in [-0.1, -0.05) is 60.7 Å². The predicted molar refractivity (Wildman–Crippen MR) is 108 cm³/mol. The van der Waals surface area contributed by atoms with Crippen molar-refractivity contribution in [3.8, 4) is 0 Å². The van der Waals surface area contributed by atoms with Crippen molar-refractivity contribution in [2.24, 2.45) is 0 Å². The molecule has 0 atom stereocenters. The van der Waals surface area contributed by atoms with Gasteiger partial charge < -0.3 is 0 Å². The average Bonchev–Trinajstić information content (AvgIpc) is 2.63. The summed E-state index contributed by atoms with van der Waals surface area (Å²) < 4.78 is 1.62. The van der Waals surface area contributed by atoms with Crippen LogP contribution < -0.4 is 5.56 Å². The number of fused-ring (bicyclic) bond motifs is 2. The van der Waals surface area contributed by atoms with E-state index in [1.54, 1.807) is 4.68 Å². The molecule has 3 nitrogen and oxygen atoms in total. The third-order valence-electron chi connectivity index (χ3n) is 4.70. The van der Waals surface area contributed by atoms with Crippen LogP contribution in [-0.4, -0.2) is 9.78 Å². The summed E-state index contributed by atoms with van der Waals surface area (Å²) in [4.78, 5) is 12.9. The van der Waals surface area contributed by atoms with Crippen LogP contribution in [0.5, 0.6) is 0 Å². The van der Waals surface area contributed by atoms with E-state index in [1.807, 2.05) is 45.0 Å². The van der Waals surface area contributed by atoms with Crippen molar-refractivity contribution in [1.29, 1.82) is 0 Å². The molecule has 4 aromatic rings. The Morgan fingerprint density at radius 1 is 0.846 bits per heavy atom. The highest BCUT2D eigenvalue weighted by Gasteiger charge is 2.20. The topological polar surface area (TPSA) is 34.9 Å². The molecule has 130 valence electrons. The number of hydrogen-bond donors (Lipinski definition) is 0. The first kappa shape index (κ1) is 16.5. The molecule has 0 radical (unpaired) electrons. The zero-order chi connectivity index (χ0) is 18.3. The highest BCUT2D eigenvalue weighted by molar-refractivity contribution is 5.85. The summed E-state index contributed by atoms with van der Waals surface area (Å²) in [5.41, 5.74) is 1.74. The smallest absolute Gasteiger partial charge is 0.267 e. The minimum Gasteiger partial charge on any atom is -0.267 e. The van der Waals surface area contributed by atoms with Crippen LogP contribution in [0.15, 0.2) is 71.5 Å². The third-order valence-corrected chi connectivity index (χ3v) is 4.70. The zero-order valence-electron chi connectivity index (χ0n) is 15.4. The predicted octanol–water partition coefficient (Wildman–Crippen LogP) is 4.90. The number of rotatable bonds is 2. The van der Waals surface area contributed by atoms with Gasteiger partial charge in [-0.05, 0) is 43.2 Å².